The first kappa shape index (κ1) is 29.1. The van der Waals surface area contributed by atoms with E-state index in [1.807, 2.05) is 0 Å². The second kappa shape index (κ2) is 18.0. The molecule has 168 valence electrons. The van der Waals surface area contributed by atoms with E-state index in [1.54, 1.807) is 0 Å². The van der Waals surface area contributed by atoms with Crippen molar-refractivity contribution in [1.82, 2.24) is 0 Å². The molecule has 0 amide bonds. The molecule has 7 N–H and O–H groups in total. The first-order chi connectivity index (χ1) is 13.4. The number of aliphatic hydroxyl groups is 7. The molecule has 0 spiro atoms. The summed E-state index contributed by atoms with van der Waals surface area (Å²) in [4.78, 5) is 10.5. The van der Waals surface area contributed by atoms with Crippen molar-refractivity contribution in [2.45, 2.75) is 19.3 Å². The highest BCUT2D eigenvalue weighted by Crippen LogP contribution is 2.19. The fourth-order valence-corrected chi connectivity index (χ4v) is 1.68. The highest BCUT2D eigenvalue weighted by molar-refractivity contribution is 5.81. The van der Waals surface area contributed by atoms with Crippen molar-refractivity contribution in [2.75, 3.05) is 66.1 Å². The summed E-state index contributed by atoms with van der Waals surface area (Å²) < 4.78 is 9.85. The Balaban J connectivity index is 0. The largest absolute Gasteiger partial charge is 0.463 e. The summed E-state index contributed by atoms with van der Waals surface area (Å²) in [7, 11) is 0. The number of hydrogen-bond donors (Lipinski definition) is 7. The van der Waals surface area contributed by atoms with E-state index < -0.39 is 50.5 Å². The summed E-state index contributed by atoms with van der Waals surface area (Å²) in [6.45, 7) is 0.881. The van der Waals surface area contributed by atoms with E-state index in [9.17, 15) is 4.79 Å². The molecule has 0 saturated carbocycles. The molecule has 0 saturated heterocycles. The van der Waals surface area contributed by atoms with Gasteiger partial charge in [0, 0.05) is 12.7 Å². The molecule has 28 heavy (non-hydrogen) atoms. The zero-order chi connectivity index (χ0) is 21.9. The smallest absolute Gasteiger partial charge is 0.330 e. The minimum atomic E-state index is -1.16. The van der Waals surface area contributed by atoms with Crippen molar-refractivity contribution in [3.63, 3.8) is 0 Å². The van der Waals surface area contributed by atoms with Crippen molar-refractivity contribution in [2.24, 2.45) is 10.8 Å². The Morgan fingerprint density at radius 1 is 0.750 bits per heavy atom. The van der Waals surface area contributed by atoms with Gasteiger partial charge in [0.25, 0.3) is 0 Å². The van der Waals surface area contributed by atoms with Crippen LogP contribution in [-0.2, 0) is 14.3 Å². The number of rotatable bonds is 16. The van der Waals surface area contributed by atoms with Crippen LogP contribution in [0.2, 0.25) is 0 Å². The minimum absolute atomic E-state index is 0.141. The summed E-state index contributed by atoms with van der Waals surface area (Å²) in [5, 5.41) is 62.6. The Hall–Kier alpha value is -1.11. The van der Waals surface area contributed by atoms with E-state index >= 15 is 0 Å². The molecule has 0 aromatic rings. The van der Waals surface area contributed by atoms with Gasteiger partial charge in [-0.1, -0.05) is 6.58 Å². The van der Waals surface area contributed by atoms with E-state index in [0.29, 0.717) is 6.61 Å². The van der Waals surface area contributed by atoms with E-state index in [4.69, 9.17) is 45.2 Å². The molecule has 0 radical (unpaired) electrons. The summed E-state index contributed by atoms with van der Waals surface area (Å²) in [6, 6.07) is 0. The second-order valence-electron chi connectivity index (χ2n) is 6.60. The van der Waals surface area contributed by atoms with Crippen LogP contribution < -0.4 is 0 Å². The molecule has 0 aliphatic carbocycles. The SMILES string of the molecule is C=CC(=O)OCCCCCO.OCC(CO)(CO)COCC(CO)(CO)CO. The van der Waals surface area contributed by atoms with E-state index in [1.165, 1.54) is 0 Å². The van der Waals surface area contributed by atoms with Crippen molar-refractivity contribution in [3.8, 4) is 0 Å². The number of unbranched alkanes of at least 4 members (excludes halogenated alkanes) is 2. The van der Waals surface area contributed by atoms with Gasteiger partial charge >= 0.3 is 5.97 Å². The minimum Gasteiger partial charge on any atom is -0.463 e. The zero-order valence-corrected chi connectivity index (χ0v) is 16.3. The first-order valence-corrected chi connectivity index (χ1v) is 9.01. The lowest BCUT2D eigenvalue weighted by molar-refractivity contribution is -0.137. The van der Waals surface area contributed by atoms with Gasteiger partial charge in [-0.3, -0.25) is 0 Å². The van der Waals surface area contributed by atoms with E-state index in [0.717, 1.165) is 25.3 Å². The monoisotopic (exact) mass is 412 g/mol. The topological polar surface area (TPSA) is 177 Å². The number of carbonyl (C=O) groups excluding carboxylic acids is 1. The first-order valence-electron chi connectivity index (χ1n) is 9.01. The molecule has 10 nitrogen and oxygen atoms in total. The van der Waals surface area contributed by atoms with Gasteiger partial charge in [0.05, 0.1) is 70.3 Å². The number of aliphatic hydroxyl groups excluding tert-OH is 7. The van der Waals surface area contributed by atoms with Crippen molar-refractivity contribution in [3.05, 3.63) is 12.7 Å². The third-order valence-electron chi connectivity index (χ3n) is 4.04. The maximum absolute atomic E-state index is 10.5. The van der Waals surface area contributed by atoms with Gasteiger partial charge in [-0.15, -0.1) is 0 Å². The third-order valence-corrected chi connectivity index (χ3v) is 4.04. The van der Waals surface area contributed by atoms with Crippen LogP contribution >= 0.6 is 0 Å². The average Bonchev–Trinajstić information content (AvgIpc) is 2.75. The van der Waals surface area contributed by atoms with Crippen LogP contribution in [0.15, 0.2) is 12.7 Å². The van der Waals surface area contributed by atoms with Gasteiger partial charge < -0.3 is 45.2 Å². The molecular weight excluding hydrogens is 376 g/mol. The maximum Gasteiger partial charge on any atom is 0.330 e. The molecule has 0 aliphatic rings. The Bertz CT molecular complexity index is 344. The third kappa shape index (κ3) is 12.4. The molecule has 0 aromatic heterocycles. The Labute approximate surface area is 165 Å². The molecule has 0 bridgehead atoms. The van der Waals surface area contributed by atoms with Gasteiger partial charge in [-0.05, 0) is 19.3 Å². The molecule has 0 aliphatic heterocycles. The van der Waals surface area contributed by atoms with Gasteiger partial charge in [-0.25, -0.2) is 4.79 Å². The van der Waals surface area contributed by atoms with Crippen molar-refractivity contribution < 1.29 is 50.0 Å². The van der Waals surface area contributed by atoms with Crippen LogP contribution in [0, 0.1) is 10.8 Å². The summed E-state index contributed by atoms with van der Waals surface area (Å²) >= 11 is 0. The molecule has 0 rings (SSSR count). The molecule has 10 heteroatoms. The highest BCUT2D eigenvalue weighted by Gasteiger charge is 2.32. The lowest BCUT2D eigenvalue weighted by atomic mass is 9.91. The van der Waals surface area contributed by atoms with Crippen LogP contribution in [0.1, 0.15) is 19.3 Å². The predicted molar refractivity (Wildman–Crippen MR) is 100 cm³/mol. The second-order valence-corrected chi connectivity index (χ2v) is 6.60. The normalized spacial score (nSPS) is 11.5. The highest BCUT2D eigenvalue weighted by atomic mass is 16.5. The molecule has 0 unspecified atom stereocenters. The zero-order valence-electron chi connectivity index (χ0n) is 16.3. The number of ether oxygens (including phenoxy) is 2. The van der Waals surface area contributed by atoms with Gasteiger partial charge in [0.1, 0.15) is 0 Å². The molecular formula is C18H36O10. The molecule has 0 aromatic carbocycles. The van der Waals surface area contributed by atoms with Crippen molar-refractivity contribution in [1.29, 1.82) is 0 Å². The fraction of sp³-hybridized carbons (Fsp3) is 0.833. The van der Waals surface area contributed by atoms with Crippen molar-refractivity contribution >= 4 is 5.97 Å². The summed E-state index contributed by atoms with van der Waals surface area (Å²) in [5.41, 5.74) is -2.32. The number of hydrogen-bond acceptors (Lipinski definition) is 10. The molecule has 0 atom stereocenters. The maximum atomic E-state index is 10.5. The molecule has 0 fully saturated rings. The molecule has 0 heterocycles. The summed E-state index contributed by atoms with van der Waals surface area (Å²) in [5.74, 6) is -0.381. The van der Waals surface area contributed by atoms with Gasteiger partial charge in [0.2, 0.25) is 0 Å². The number of esters is 1. The average molecular weight is 412 g/mol. The fourth-order valence-electron chi connectivity index (χ4n) is 1.68. The Morgan fingerprint density at radius 3 is 1.50 bits per heavy atom. The van der Waals surface area contributed by atoms with Gasteiger partial charge in [0.15, 0.2) is 0 Å². The van der Waals surface area contributed by atoms with E-state index in [2.05, 4.69) is 6.58 Å². The Kier molecular flexibility index (Phi) is 18.7. The van der Waals surface area contributed by atoms with Gasteiger partial charge in [-0.2, -0.15) is 0 Å². The van der Waals surface area contributed by atoms with E-state index in [-0.39, 0.29) is 25.8 Å². The van der Waals surface area contributed by atoms with Crippen LogP contribution in [0.25, 0.3) is 0 Å². The number of carbonyl (C=O) groups is 1. The standard InChI is InChI=1S/C10H22O7.C8H14O3/c11-1-9(2-12,3-13)7-17-8-10(4-14,5-15)6-16;1-2-8(10)11-7-5-3-4-6-9/h11-16H,1-8H2;2,9H,1,3-7H2. The van der Waals surface area contributed by atoms with Crippen LogP contribution in [-0.4, -0.2) is 108 Å². The van der Waals surface area contributed by atoms with Crippen LogP contribution in [0.4, 0.5) is 0 Å². The lowest BCUT2D eigenvalue weighted by Crippen LogP contribution is -2.43. The van der Waals surface area contributed by atoms with Crippen LogP contribution in [0.5, 0.6) is 0 Å². The lowest BCUT2D eigenvalue weighted by Gasteiger charge is -2.31. The van der Waals surface area contributed by atoms with Crippen LogP contribution in [0.3, 0.4) is 0 Å². The Morgan fingerprint density at radius 2 is 1.18 bits per heavy atom. The predicted octanol–water partition coefficient (Wildman–Crippen LogP) is -2.19. The quantitative estimate of drug-likeness (QED) is 0.0836. The summed E-state index contributed by atoms with van der Waals surface area (Å²) in [6.07, 6.45) is 3.61.